The molecular formula is C18H17N5O4. The molecule has 0 bridgehead atoms. The average molecular weight is 367 g/mol. The number of nitro groups is 1. The van der Waals surface area contributed by atoms with Crippen LogP contribution in [0.2, 0.25) is 0 Å². The van der Waals surface area contributed by atoms with Gasteiger partial charge in [-0.1, -0.05) is 18.2 Å². The van der Waals surface area contributed by atoms with Gasteiger partial charge in [0.1, 0.15) is 0 Å². The van der Waals surface area contributed by atoms with Crippen LogP contribution in [0.4, 0.5) is 11.6 Å². The van der Waals surface area contributed by atoms with Gasteiger partial charge in [-0.3, -0.25) is 35.1 Å². The van der Waals surface area contributed by atoms with E-state index in [4.69, 9.17) is 0 Å². The van der Waals surface area contributed by atoms with Crippen molar-refractivity contribution in [3.63, 3.8) is 0 Å². The molecule has 3 rings (SSSR count). The Morgan fingerprint density at radius 2 is 1.96 bits per heavy atom. The first-order valence-electron chi connectivity index (χ1n) is 8.24. The number of carbonyl (C=O) groups is 1. The third-order valence-electron chi connectivity index (χ3n) is 4.21. The topological polar surface area (TPSA) is 119 Å². The molecule has 9 heteroatoms. The zero-order valence-corrected chi connectivity index (χ0v) is 14.7. The molecule has 1 heterocycles. The summed E-state index contributed by atoms with van der Waals surface area (Å²) < 4.78 is 1.39. The minimum absolute atomic E-state index is 0.142. The van der Waals surface area contributed by atoms with Gasteiger partial charge in [-0.2, -0.15) is 0 Å². The molecule has 27 heavy (non-hydrogen) atoms. The van der Waals surface area contributed by atoms with Gasteiger partial charge >= 0.3 is 0 Å². The summed E-state index contributed by atoms with van der Waals surface area (Å²) in [6.07, 6.45) is 0. The lowest BCUT2D eigenvalue weighted by molar-refractivity contribution is -0.385. The number of nitro benzene ring substituents is 1. The Balaban J connectivity index is 1.91. The van der Waals surface area contributed by atoms with Crippen LogP contribution in [-0.4, -0.2) is 20.4 Å². The highest BCUT2D eigenvalue weighted by Crippen LogP contribution is 2.21. The first kappa shape index (κ1) is 18.1. The van der Waals surface area contributed by atoms with E-state index in [0.29, 0.717) is 17.4 Å². The summed E-state index contributed by atoms with van der Waals surface area (Å²) >= 11 is 0. The van der Waals surface area contributed by atoms with Gasteiger partial charge in [0.15, 0.2) is 0 Å². The van der Waals surface area contributed by atoms with Crippen molar-refractivity contribution in [1.29, 1.82) is 0 Å². The predicted octanol–water partition coefficient (Wildman–Crippen LogP) is 2.39. The van der Waals surface area contributed by atoms with Crippen LogP contribution in [0.15, 0.2) is 47.3 Å². The van der Waals surface area contributed by atoms with Crippen molar-refractivity contribution in [2.24, 2.45) is 0 Å². The maximum absolute atomic E-state index is 12.6. The van der Waals surface area contributed by atoms with Crippen molar-refractivity contribution in [2.45, 2.75) is 20.4 Å². The Morgan fingerprint density at radius 3 is 2.67 bits per heavy atom. The van der Waals surface area contributed by atoms with Crippen molar-refractivity contribution < 1.29 is 9.72 Å². The lowest BCUT2D eigenvalue weighted by atomic mass is 10.1. The van der Waals surface area contributed by atoms with Crippen LogP contribution in [0.1, 0.15) is 22.8 Å². The van der Waals surface area contributed by atoms with Gasteiger partial charge in [0, 0.05) is 18.2 Å². The molecule has 0 unspecified atom stereocenters. The van der Waals surface area contributed by atoms with E-state index in [9.17, 15) is 19.7 Å². The fourth-order valence-corrected chi connectivity index (χ4v) is 2.80. The van der Waals surface area contributed by atoms with E-state index in [1.54, 1.807) is 31.2 Å². The van der Waals surface area contributed by atoms with Crippen LogP contribution in [-0.2, 0) is 6.54 Å². The minimum Gasteiger partial charge on any atom is -0.277 e. The number of fused-ring (bicyclic) bond motifs is 1. The number of nitrogens with zero attached hydrogens (tertiary/aromatic N) is 3. The molecule has 0 radical (unpaired) electrons. The molecule has 0 aliphatic heterocycles. The van der Waals surface area contributed by atoms with Crippen LogP contribution in [0.5, 0.6) is 0 Å². The predicted molar refractivity (Wildman–Crippen MR) is 101 cm³/mol. The van der Waals surface area contributed by atoms with Gasteiger partial charge in [0.25, 0.3) is 17.2 Å². The average Bonchev–Trinajstić information content (AvgIpc) is 2.66. The van der Waals surface area contributed by atoms with Crippen LogP contribution in [0.3, 0.4) is 0 Å². The molecule has 2 aromatic carbocycles. The van der Waals surface area contributed by atoms with Crippen LogP contribution in [0.25, 0.3) is 10.9 Å². The number of nitrogens with one attached hydrogen (secondary N) is 2. The van der Waals surface area contributed by atoms with E-state index in [1.165, 1.54) is 29.7 Å². The fourth-order valence-electron chi connectivity index (χ4n) is 2.80. The number of para-hydroxylation sites is 1. The molecule has 0 aliphatic rings. The van der Waals surface area contributed by atoms with Gasteiger partial charge in [0.2, 0.25) is 5.95 Å². The molecular weight excluding hydrogens is 350 g/mol. The van der Waals surface area contributed by atoms with Crippen molar-refractivity contribution in [3.8, 4) is 0 Å². The Morgan fingerprint density at radius 1 is 1.22 bits per heavy atom. The third-order valence-corrected chi connectivity index (χ3v) is 4.21. The highest BCUT2D eigenvalue weighted by molar-refractivity contribution is 5.97. The van der Waals surface area contributed by atoms with Gasteiger partial charge in [0.05, 0.1) is 21.4 Å². The molecule has 2 N–H and O–H groups in total. The summed E-state index contributed by atoms with van der Waals surface area (Å²) in [5, 5.41) is 11.5. The van der Waals surface area contributed by atoms with Gasteiger partial charge in [-0.15, -0.1) is 0 Å². The Kier molecular flexibility index (Phi) is 4.84. The number of amides is 1. The second-order valence-corrected chi connectivity index (χ2v) is 5.79. The maximum Gasteiger partial charge on any atom is 0.273 e. The van der Waals surface area contributed by atoms with Crippen LogP contribution < -0.4 is 16.4 Å². The molecule has 1 aromatic heterocycles. The molecule has 138 valence electrons. The highest BCUT2D eigenvalue weighted by atomic mass is 16.6. The number of rotatable bonds is 5. The van der Waals surface area contributed by atoms with Crippen LogP contribution >= 0.6 is 0 Å². The van der Waals surface area contributed by atoms with Crippen molar-refractivity contribution in [1.82, 2.24) is 15.0 Å². The van der Waals surface area contributed by atoms with E-state index >= 15 is 0 Å². The Bertz CT molecular complexity index is 1110. The van der Waals surface area contributed by atoms with E-state index < -0.39 is 10.8 Å². The zero-order chi connectivity index (χ0) is 19.6. The summed E-state index contributed by atoms with van der Waals surface area (Å²) in [6, 6.07) is 11.2. The van der Waals surface area contributed by atoms with E-state index in [1.807, 2.05) is 0 Å². The van der Waals surface area contributed by atoms with Crippen LogP contribution in [0, 0.1) is 17.0 Å². The summed E-state index contributed by atoms with van der Waals surface area (Å²) in [4.78, 5) is 39.9. The number of anilines is 1. The molecule has 3 aromatic rings. The second kappa shape index (κ2) is 7.24. The summed E-state index contributed by atoms with van der Waals surface area (Å²) in [5.41, 5.74) is 5.64. The first-order chi connectivity index (χ1) is 12.9. The monoisotopic (exact) mass is 367 g/mol. The van der Waals surface area contributed by atoms with Crippen molar-refractivity contribution >= 4 is 28.4 Å². The second-order valence-electron chi connectivity index (χ2n) is 5.79. The molecule has 0 saturated heterocycles. The summed E-state index contributed by atoms with van der Waals surface area (Å²) in [7, 11) is 0. The normalized spacial score (nSPS) is 10.6. The Labute approximate surface area is 153 Å². The quantitative estimate of drug-likeness (QED) is 0.528. The lowest BCUT2D eigenvalue weighted by Gasteiger charge is -2.14. The molecule has 0 spiro atoms. The number of aromatic nitrogens is 2. The third kappa shape index (κ3) is 3.34. The smallest absolute Gasteiger partial charge is 0.273 e. The molecule has 0 atom stereocenters. The van der Waals surface area contributed by atoms with Gasteiger partial charge in [-0.25, -0.2) is 4.98 Å². The summed E-state index contributed by atoms with van der Waals surface area (Å²) in [5.74, 6) is -0.390. The standard InChI is InChI=1S/C18H17N5O4/c1-3-22-17(25)13-7-4-5-9-14(13)19-18(22)21-20-16(24)12-8-6-10-15(11(12)2)23(26)27/h4-10H,3H2,1-2H3,(H,19,21)(H,20,24). The molecule has 0 fully saturated rings. The van der Waals surface area contributed by atoms with Gasteiger partial charge < -0.3 is 0 Å². The zero-order valence-electron chi connectivity index (χ0n) is 14.7. The van der Waals surface area contributed by atoms with E-state index in [2.05, 4.69) is 15.8 Å². The molecule has 1 amide bonds. The fraction of sp³-hybridized carbons (Fsp3) is 0.167. The highest BCUT2D eigenvalue weighted by Gasteiger charge is 2.18. The minimum atomic E-state index is -0.568. The van der Waals surface area contributed by atoms with E-state index in [0.717, 1.165) is 0 Å². The summed E-state index contributed by atoms with van der Waals surface area (Å²) in [6.45, 7) is 3.64. The van der Waals surface area contributed by atoms with Crippen molar-refractivity contribution in [2.75, 3.05) is 5.43 Å². The number of hydrogen-bond acceptors (Lipinski definition) is 6. The van der Waals surface area contributed by atoms with Gasteiger partial charge in [-0.05, 0) is 32.0 Å². The first-order valence-corrected chi connectivity index (χ1v) is 8.24. The number of benzene rings is 2. The number of carbonyl (C=O) groups excluding carboxylic acids is 1. The SMILES string of the molecule is CCn1c(NNC(=O)c2cccc([N+](=O)[O-])c2C)nc2ccccc2c1=O. The lowest BCUT2D eigenvalue weighted by Crippen LogP contribution is -2.34. The molecule has 0 saturated carbocycles. The molecule has 0 aliphatic carbocycles. The Hall–Kier alpha value is -3.75. The molecule has 9 nitrogen and oxygen atoms in total. The maximum atomic E-state index is 12.6. The van der Waals surface area contributed by atoms with Crippen molar-refractivity contribution in [3.05, 3.63) is 74.1 Å². The van der Waals surface area contributed by atoms with E-state index in [-0.39, 0.29) is 28.3 Å². The number of hydrazine groups is 1. The number of hydrogen-bond donors (Lipinski definition) is 2. The largest absolute Gasteiger partial charge is 0.277 e.